The molecule has 80 valence electrons. The van der Waals surface area contributed by atoms with E-state index in [2.05, 4.69) is 21.4 Å². The minimum Gasteiger partial charge on any atom is -0.338 e. The minimum atomic E-state index is 0.519. The molecule has 0 spiro atoms. The molecule has 2 aromatic heterocycles. The van der Waals surface area contributed by atoms with Crippen LogP contribution in [0.5, 0.6) is 0 Å². The van der Waals surface area contributed by atoms with Gasteiger partial charge in [0.25, 0.3) is 0 Å². The molecule has 0 unspecified atom stereocenters. The van der Waals surface area contributed by atoms with Gasteiger partial charge in [0.05, 0.1) is 11.0 Å². The number of aromatic nitrogens is 2. The molecule has 0 aliphatic carbocycles. The number of nitrogens with zero attached hydrogens (tertiary/aromatic N) is 1. The van der Waals surface area contributed by atoms with Gasteiger partial charge in [0.2, 0.25) is 0 Å². The number of benzene rings is 1. The molecular formula is C12H11N3S. The van der Waals surface area contributed by atoms with E-state index >= 15 is 0 Å². The van der Waals surface area contributed by atoms with Crippen LogP contribution in [0.3, 0.4) is 0 Å². The highest BCUT2D eigenvalue weighted by molar-refractivity contribution is 7.08. The summed E-state index contributed by atoms with van der Waals surface area (Å²) < 4.78 is 0. The lowest BCUT2D eigenvalue weighted by Gasteiger charge is -1.95. The lowest BCUT2D eigenvalue weighted by atomic mass is 10.2. The fourth-order valence-electron chi connectivity index (χ4n) is 1.79. The Bertz CT molecular complexity index is 610. The second-order valence-corrected chi connectivity index (χ2v) is 4.39. The molecule has 0 aliphatic heterocycles. The summed E-state index contributed by atoms with van der Waals surface area (Å²) in [4.78, 5) is 7.91. The third-order valence-electron chi connectivity index (χ3n) is 2.61. The van der Waals surface area contributed by atoms with Crippen molar-refractivity contribution in [3.63, 3.8) is 0 Å². The highest BCUT2D eigenvalue weighted by atomic mass is 32.1. The van der Waals surface area contributed by atoms with E-state index in [-0.39, 0.29) is 0 Å². The Hall–Kier alpha value is -1.65. The highest BCUT2D eigenvalue weighted by Gasteiger charge is 2.07. The monoisotopic (exact) mass is 229 g/mol. The SMILES string of the molecule is NCc1cccc2[nH]c(-c3ccsc3)nc12. The Morgan fingerprint density at radius 2 is 2.25 bits per heavy atom. The number of hydrogen-bond donors (Lipinski definition) is 2. The van der Waals surface area contributed by atoms with Crippen LogP contribution in [0.4, 0.5) is 0 Å². The average Bonchev–Trinajstić information content (AvgIpc) is 2.96. The number of thiophene rings is 1. The van der Waals surface area contributed by atoms with E-state index in [9.17, 15) is 0 Å². The van der Waals surface area contributed by atoms with Crippen molar-refractivity contribution in [3.8, 4) is 11.4 Å². The maximum Gasteiger partial charge on any atom is 0.139 e. The molecule has 0 aliphatic rings. The van der Waals surface area contributed by atoms with Crippen LogP contribution in [-0.2, 0) is 6.54 Å². The Morgan fingerprint density at radius 3 is 3.00 bits per heavy atom. The first kappa shape index (κ1) is 9.57. The predicted octanol–water partition coefficient (Wildman–Crippen LogP) is 2.75. The summed E-state index contributed by atoms with van der Waals surface area (Å²) in [6.07, 6.45) is 0. The van der Waals surface area contributed by atoms with Crippen molar-refractivity contribution < 1.29 is 0 Å². The molecule has 0 saturated heterocycles. The standard InChI is InChI=1S/C12H11N3S/c13-6-8-2-1-3-10-11(8)15-12(14-10)9-4-5-16-7-9/h1-5,7H,6,13H2,(H,14,15). The third kappa shape index (κ3) is 1.43. The van der Waals surface area contributed by atoms with Crippen molar-refractivity contribution in [1.82, 2.24) is 9.97 Å². The smallest absolute Gasteiger partial charge is 0.139 e. The van der Waals surface area contributed by atoms with Gasteiger partial charge in [-0.2, -0.15) is 11.3 Å². The summed E-state index contributed by atoms with van der Waals surface area (Å²) in [5, 5.41) is 4.13. The lowest BCUT2D eigenvalue weighted by Crippen LogP contribution is -1.96. The van der Waals surface area contributed by atoms with Crippen LogP contribution in [0.25, 0.3) is 22.4 Å². The molecule has 3 N–H and O–H groups in total. The number of hydrogen-bond acceptors (Lipinski definition) is 3. The molecule has 16 heavy (non-hydrogen) atoms. The molecule has 0 fully saturated rings. The number of para-hydroxylation sites is 1. The molecule has 2 heterocycles. The predicted molar refractivity (Wildman–Crippen MR) is 67.3 cm³/mol. The molecule has 0 radical (unpaired) electrons. The summed E-state index contributed by atoms with van der Waals surface area (Å²) in [7, 11) is 0. The second-order valence-electron chi connectivity index (χ2n) is 3.61. The maximum absolute atomic E-state index is 5.69. The van der Waals surface area contributed by atoms with E-state index in [0.717, 1.165) is 28.0 Å². The molecular weight excluding hydrogens is 218 g/mol. The zero-order valence-corrected chi connectivity index (χ0v) is 9.42. The first-order chi connectivity index (χ1) is 7.88. The van der Waals surface area contributed by atoms with E-state index in [0.29, 0.717) is 6.54 Å². The molecule has 0 bridgehead atoms. The molecule has 4 heteroatoms. The minimum absolute atomic E-state index is 0.519. The van der Waals surface area contributed by atoms with Crippen LogP contribution in [0.2, 0.25) is 0 Å². The van der Waals surface area contributed by atoms with Gasteiger partial charge in [-0.25, -0.2) is 4.98 Å². The quantitative estimate of drug-likeness (QED) is 0.710. The fraction of sp³-hybridized carbons (Fsp3) is 0.0833. The molecule has 0 saturated carbocycles. The first-order valence-corrected chi connectivity index (χ1v) is 6.03. The largest absolute Gasteiger partial charge is 0.338 e. The Morgan fingerprint density at radius 1 is 1.31 bits per heavy atom. The summed E-state index contributed by atoms with van der Waals surface area (Å²) in [5.41, 5.74) is 9.92. The van der Waals surface area contributed by atoms with E-state index in [1.54, 1.807) is 11.3 Å². The molecule has 3 aromatic rings. The number of H-pyrrole nitrogens is 1. The van der Waals surface area contributed by atoms with E-state index in [1.807, 2.05) is 23.6 Å². The van der Waals surface area contributed by atoms with Crippen LogP contribution in [0.1, 0.15) is 5.56 Å². The molecule has 3 rings (SSSR count). The second kappa shape index (κ2) is 3.73. The Kier molecular flexibility index (Phi) is 2.23. The van der Waals surface area contributed by atoms with Gasteiger partial charge in [-0.05, 0) is 23.1 Å². The number of fused-ring (bicyclic) bond motifs is 1. The van der Waals surface area contributed by atoms with Crippen molar-refractivity contribution in [2.75, 3.05) is 0 Å². The van der Waals surface area contributed by atoms with Crippen LogP contribution in [0.15, 0.2) is 35.0 Å². The van der Waals surface area contributed by atoms with Gasteiger partial charge in [0, 0.05) is 17.5 Å². The van der Waals surface area contributed by atoms with Crippen molar-refractivity contribution in [1.29, 1.82) is 0 Å². The fourth-order valence-corrected chi connectivity index (χ4v) is 2.43. The lowest BCUT2D eigenvalue weighted by molar-refractivity contribution is 1.08. The van der Waals surface area contributed by atoms with Crippen LogP contribution >= 0.6 is 11.3 Å². The molecule has 0 atom stereocenters. The third-order valence-corrected chi connectivity index (χ3v) is 3.29. The van der Waals surface area contributed by atoms with Crippen molar-refractivity contribution >= 4 is 22.4 Å². The first-order valence-electron chi connectivity index (χ1n) is 5.09. The average molecular weight is 229 g/mol. The van der Waals surface area contributed by atoms with Crippen molar-refractivity contribution in [3.05, 3.63) is 40.6 Å². The topological polar surface area (TPSA) is 54.7 Å². The van der Waals surface area contributed by atoms with Gasteiger partial charge in [0.1, 0.15) is 5.82 Å². The molecule has 3 nitrogen and oxygen atoms in total. The normalized spacial score (nSPS) is 11.1. The molecule has 0 amide bonds. The van der Waals surface area contributed by atoms with Crippen LogP contribution in [0, 0.1) is 0 Å². The molecule has 1 aromatic carbocycles. The van der Waals surface area contributed by atoms with Crippen LogP contribution in [-0.4, -0.2) is 9.97 Å². The number of aromatic amines is 1. The van der Waals surface area contributed by atoms with E-state index in [4.69, 9.17) is 5.73 Å². The number of imidazole rings is 1. The van der Waals surface area contributed by atoms with Crippen molar-refractivity contribution in [2.24, 2.45) is 5.73 Å². The Balaban J connectivity index is 2.23. The Labute approximate surface area is 96.9 Å². The van der Waals surface area contributed by atoms with Crippen molar-refractivity contribution in [2.45, 2.75) is 6.54 Å². The zero-order chi connectivity index (χ0) is 11.0. The van der Waals surface area contributed by atoms with Gasteiger partial charge >= 0.3 is 0 Å². The van der Waals surface area contributed by atoms with E-state index < -0.39 is 0 Å². The number of nitrogens with two attached hydrogens (primary N) is 1. The maximum atomic E-state index is 5.69. The zero-order valence-electron chi connectivity index (χ0n) is 8.60. The van der Waals surface area contributed by atoms with Gasteiger partial charge in [-0.1, -0.05) is 12.1 Å². The summed E-state index contributed by atoms with van der Waals surface area (Å²) in [5.74, 6) is 0.914. The van der Waals surface area contributed by atoms with Gasteiger partial charge in [0.15, 0.2) is 0 Å². The van der Waals surface area contributed by atoms with Gasteiger partial charge in [-0.3, -0.25) is 0 Å². The summed E-state index contributed by atoms with van der Waals surface area (Å²) in [6, 6.07) is 8.10. The van der Waals surface area contributed by atoms with Gasteiger partial charge in [-0.15, -0.1) is 0 Å². The summed E-state index contributed by atoms with van der Waals surface area (Å²) >= 11 is 1.67. The van der Waals surface area contributed by atoms with E-state index in [1.165, 1.54) is 0 Å². The number of nitrogens with one attached hydrogen (secondary N) is 1. The van der Waals surface area contributed by atoms with Gasteiger partial charge < -0.3 is 10.7 Å². The number of rotatable bonds is 2. The highest BCUT2D eigenvalue weighted by Crippen LogP contribution is 2.24. The van der Waals surface area contributed by atoms with Crippen LogP contribution < -0.4 is 5.73 Å². The summed E-state index contributed by atoms with van der Waals surface area (Å²) in [6.45, 7) is 0.519.